The highest BCUT2D eigenvalue weighted by Crippen LogP contribution is 2.65. The van der Waals surface area contributed by atoms with E-state index in [-0.39, 0.29) is 35.0 Å². The highest BCUT2D eigenvalue weighted by Gasteiger charge is 2.67. The molecule has 5 atom stereocenters. The fourth-order valence-electron chi connectivity index (χ4n) is 8.79. The van der Waals surface area contributed by atoms with Crippen LogP contribution < -0.4 is 9.47 Å². The molecule has 1 N–H and O–H groups in total. The molecule has 0 unspecified atom stereocenters. The van der Waals surface area contributed by atoms with Gasteiger partial charge in [-0.05, 0) is 57.4 Å². The van der Waals surface area contributed by atoms with Gasteiger partial charge in [0.15, 0.2) is 17.3 Å². The summed E-state index contributed by atoms with van der Waals surface area (Å²) >= 11 is 0. The van der Waals surface area contributed by atoms with Gasteiger partial charge in [-0.25, -0.2) is 0 Å². The standard InChI is InChI=1S/C36H46N2O5/c1-4-6-20-38(32(41)15-11-10-14-29(39)24-12-8-7-9-13-24)27-17-16-26-28-22-25-30(40)23-31(42-3)34-33(25)36(26,35(27)43-34)18-21-37(28)19-5-2/h5,7-9,12-13,23,26-28,35,40H,2,4,6,10-11,14-22H2,1,3H3/t26-,27+,28+,35-,36-/m0/s1. The minimum absolute atomic E-state index is 0.0435. The number of nitrogens with zero attached hydrogens (tertiary/aromatic N) is 2. The summed E-state index contributed by atoms with van der Waals surface area (Å²) in [5, 5.41) is 11.2. The van der Waals surface area contributed by atoms with Gasteiger partial charge in [-0.3, -0.25) is 14.5 Å². The van der Waals surface area contributed by atoms with Crippen molar-refractivity contribution in [3.63, 3.8) is 0 Å². The van der Waals surface area contributed by atoms with Crippen LogP contribution in [0.15, 0.2) is 49.1 Å². The van der Waals surface area contributed by atoms with Crippen molar-refractivity contribution < 1.29 is 24.2 Å². The number of ether oxygens (including phenoxy) is 2. The number of ketones is 1. The maximum Gasteiger partial charge on any atom is 0.222 e. The molecule has 0 aromatic heterocycles. The second-order valence-electron chi connectivity index (χ2n) is 12.9. The number of aromatic hydroxyl groups is 1. The number of likely N-dealkylation sites (tertiary alicyclic amines) is 1. The summed E-state index contributed by atoms with van der Waals surface area (Å²) in [7, 11) is 1.63. The molecular formula is C36H46N2O5. The van der Waals surface area contributed by atoms with Gasteiger partial charge in [0, 0.05) is 60.1 Å². The van der Waals surface area contributed by atoms with E-state index in [9.17, 15) is 14.7 Å². The number of phenolic OH excluding ortho intramolecular Hbond substituents is 1. The summed E-state index contributed by atoms with van der Waals surface area (Å²) in [5.74, 6) is 2.32. The van der Waals surface area contributed by atoms with Crippen molar-refractivity contribution in [1.82, 2.24) is 9.80 Å². The first-order valence-corrected chi connectivity index (χ1v) is 16.3. The number of rotatable bonds is 13. The van der Waals surface area contributed by atoms with Gasteiger partial charge >= 0.3 is 0 Å². The number of amides is 1. The molecule has 2 bridgehead atoms. The first kappa shape index (κ1) is 29.7. The van der Waals surface area contributed by atoms with Gasteiger partial charge < -0.3 is 19.5 Å². The Kier molecular flexibility index (Phi) is 8.54. The Morgan fingerprint density at radius 1 is 1.19 bits per heavy atom. The molecule has 4 aliphatic rings. The molecule has 7 heteroatoms. The Labute approximate surface area is 255 Å². The minimum atomic E-state index is -0.257. The SMILES string of the molecule is C=CCN1CC[C@]23c4c5c(O)cc(OC)c4O[C@H]2[C@H](N(CCCC)C(=O)CCCCC(=O)c2ccccc2)CC[C@H]3[C@H]1C5. The minimum Gasteiger partial charge on any atom is -0.508 e. The number of methoxy groups -OCH3 is 1. The molecule has 230 valence electrons. The number of carbonyl (C=O) groups is 2. The second-order valence-corrected chi connectivity index (χ2v) is 12.9. The maximum atomic E-state index is 14.0. The van der Waals surface area contributed by atoms with Gasteiger partial charge in [0.2, 0.25) is 5.91 Å². The molecule has 2 aliphatic carbocycles. The van der Waals surface area contributed by atoms with Crippen molar-refractivity contribution in [2.45, 2.75) is 94.7 Å². The molecule has 2 fully saturated rings. The zero-order valence-electron chi connectivity index (χ0n) is 25.7. The number of hydrogen-bond acceptors (Lipinski definition) is 6. The Morgan fingerprint density at radius 3 is 2.72 bits per heavy atom. The molecule has 6 rings (SSSR count). The topological polar surface area (TPSA) is 79.3 Å². The summed E-state index contributed by atoms with van der Waals surface area (Å²) in [6, 6.07) is 11.4. The lowest BCUT2D eigenvalue weighted by atomic mass is 9.50. The largest absolute Gasteiger partial charge is 0.508 e. The Hall–Kier alpha value is -3.32. The summed E-state index contributed by atoms with van der Waals surface area (Å²) in [5.41, 5.74) is 2.61. The summed E-state index contributed by atoms with van der Waals surface area (Å²) in [6.45, 7) is 8.66. The highest BCUT2D eigenvalue weighted by molar-refractivity contribution is 5.96. The molecule has 2 heterocycles. The van der Waals surface area contributed by atoms with Crippen molar-refractivity contribution in [2.75, 3.05) is 26.7 Å². The molecule has 1 saturated carbocycles. The fourth-order valence-corrected chi connectivity index (χ4v) is 8.79. The van der Waals surface area contributed by atoms with Crippen LogP contribution in [0.1, 0.15) is 86.2 Å². The van der Waals surface area contributed by atoms with E-state index in [1.54, 1.807) is 13.2 Å². The van der Waals surface area contributed by atoms with Gasteiger partial charge in [0.05, 0.1) is 13.2 Å². The molecule has 2 aromatic rings. The number of hydrogen-bond donors (Lipinski definition) is 1. The van der Waals surface area contributed by atoms with Crippen LogP contribution in [0.2, 0.25) is 0 Å². The third-order valence-electron chi connectivity index (χ3n) is 10.7. The second kappa shape index (κ2) is 12.4. The van der Waals surface area contributed by atoms with Gasteiger partial charge in [-0.2, -0.15) is 0 Å². The number of unbranched alkanes of at least 4 members (excludes halogenated alkanes) is 2. The monoisotopic (exact) mass is 586 g/mol. The predicted molar refractivity (Wildman–Crippen MR) is 167 cm³/mol. The first-order valence-electron chi connectivity index (χ1n) is 16.3. The van der Waals surface area contributed by atoms with Crippen molar-refractivity contribution in [3.05, 3.63) is 65.7 Å². The maximum absolute atomic E-state index is 14.0. The average Bonchev–Trinajstić information content (AvgIpc) is 3.37. The van der Waals surface area contributed by atoms with Crippen molar-refractivity contribution in [2.24, 2.45) is 5.92 Å². The third kappa shape index (κ3) is 5.03. The van der Waals surface area contributed by atoms with Gasteiger partial charge in [0.25, 0.3) is 0 Å². The van der Waals surface area contributed by atoms with E-state index in [1.165, 1.54) is 0 Å². The zero-order valence-corrected chi connectivity index (χ0v) is 25.7. The van der Waals surface area contributed by atoms with Gasteiger partial charge in [-0.15, -0.1) is 6.58 Å². The van der Waals surface area contributed by atoms with Gasteiger partial charge in [0.1, 0.15) is 11.9 Å². The Bertz CT molecular complexity index is 1360. The predicted octanol–water partition coefficient (Wildman–Crippen LogP) is 6.07. The Balaban J connectivity index is 1.26. The smallest absolute Gasteiger partial charge is 0.222 e. The van der Waals surface area contributed by atoms with Crippen molar-refractivity contribution >= 4 is 11.7 Å². The van der Waals surface area contributed by atoms with Crippen LogP contribution in [0.3, 0.4) is 0 Å². The van der Waals surface area contributed by atoms with Crippen LogP contribution >= 0.6 is 0 Å². The highest BCUT2D eigenvalue weighted by atomic mass is 16.5. The molecule has 2 aliphatic heterocycles. The van der Waals surface area contributed by atoms with Crippen LogP contribution in [0.25, 0.3) is 0 Å². The van der Waals surface area contributed by atoms with Crippen LogP contribution in [0, 0.1) is 5.92 Å². The van der Waals surface area contributed by atoms with Crippen LogP contribution in [0.5, 0.6) is 17.2 Å². The number of carbonyl (C=O) groups excluding carboxylic acids is 2. The summed E-state index contributed by atoms with van der Waals surface area (Å²) in [4.78, 5) is 31.2. The number of benzene rings is 2. The van der Waals surface area contributed by atoms with E-state index in [0.29, 0.717) is 49.9 Å². The first-order chi connectivity index (χ1) is 20.9. The number of phenols is 1. The Morgan fingerprint density at radius 2 is 1.98 bits per heavy atom. The molecule has 7 nitrogen and oxygen atoms in total. The van der Waals surface area contributed by atoms with Crippen LogP contribution in [-0.4, -0.2) is 71.5 Å². The van der Waals surface area contributed by atoms with Gasteiger partial charge in [-0.1, -0.05) is 49.8 Å². The van der Waals surface area contributed by atoms with Crippen LogP contribution in [-0.2, 0) is 16.6 Å². The lowest BCUT2D eigenvalue weighted by molar-refractivity contribution is -0.142. The number of Topliss-reactive ketones (excluding diaryl/α,β-unsaturated/α-hetero) is 1. The van der Waals surface area contributed by atoms with Crippen LogP contribution in [0.4, 0.5) is 0 Å². The normalized spacial score (nSPS) is 26.7. The molecule has 43 heavy (non-hydrogen) atoms. The third-order valence-corrected chi connectivity index (χ3v) is 10.7. The fraction of sp³-hybridized carbons (Fsp3) is 0.556. The van der Waals surface area contributed by atoms with E-state index in [1.807, 2.05) is 36.4 Å². The lowest BCUT2D eigenvalue weighted by Crippen LogP contribution is -2.69. The molecule has 0 radical (unpaired) electrons. The molecule has 1 saturated heterocycles. The van der Waals surface area contributed by atoms with E-state index in [4.69, 9.17) is 9.47 Å². The van der Waals surface area contributed by atoms with E-state index < -0.39 is 0 Å². The summed E-state index contributed by atoms with van der Waals surface area (Å²) < 4.78 is 12.7. The summed E-state index contributed by atoms with van der Waals surface area (Å²) in [6.07, 6.45) is 9.66. The molecule has 1 spiro atoms. The quantitative estimate of drug-likeness (QED) is 0.175. The molecule has 1 amide bonds. The van der Waals surface area contributed by atoms with Crippen molar-refractivity contribution in [3.8, 4) is 17.2 Å². The van der Waals surface area contributed by atoms with Crippen molar-refractivity contribution in [1.29, 1.82) is 0 Å². The number of piperidine rings is 1. The van der Waals surface area contributed by atoms with E-state index in [0.717, 1.165) is 74.1 Å². The van der Waals surface area contributed by atoms with E-state index in [2.05, 4.69) is 23.3 Å². The molecule has 2 aromatic carbocycles. The molecular weight excluding hydrogens is 540 g/mol. The van der Waals surface area contributed by atoms with E-state index >= 15 is 0 Å². The zero-order chi connectivity index (χ0) is 30.1. The average molecular weight is 587 g/mol. The lowest BCUT2D eigenvalue weighted by Gasteiger charge is -2.60.